The van der Waals surface area contributed by atoms with Crippen molar-refractivity contribution in [1.82, 2.24) is 20.4 Å². The molecule has 2 heterocycles. The fourth-order valence-electron chi connectivity index (χ4n) is 3.87. The summed E-state index contributed by atoms with van der Waals surface area (Å²) in [6, 6.07) is 0.0208. The van der Waals surface area contributed by atoms with Crippen LogP contribution >= 0.6 is 0 Å². The summed E-state index contributed by atoms with van der Waals surface area (Å²) in [4.78, 5) is 30.7. The molecule has 0 spiro atoms. The Morgan fingerprint density at radius 1 is 1.08 bits per heavy atom. The van der Waals surface area contributed by atoms with Crippen molar-refractivity contribution >= 4 is 11.8 Å². The van der Waals surface area contributed by atoms with Crippen molar-refractivity contribution in [3.63, 3.8) is 0 Å². The second-order valence-electron chi connectivity index (χ2n) is 7.65. The van der Waals surface area contributed by atoms with Crippen LogP contribution in [0.2, 0.25) is 0 Å². The fourth-order valence-corrected chi connectivity index (χ4v) is 3.87. The van der Waals surface area contributed by atoms with Crippen LogP contribution in [-0.2, 0) is 4.79 Å². The van der Waals surface area contributed by atoms with E-state index in [0.29, 0.717) is 18.4 Å². The monoisotopic (exact) mass is 358 g/mol. The molecule has 0 aromatic carbocycles. The third kappa shape index (κ3) is 3.97. The van der Waals surface area contributed by atoms with Gasteiger partial charge in [0.05, 0.1) is 0 Å². The van der Waals surface area contributed by atoms with E-state index in [-0.39, 0.29) is 29.7 Å². The second-order valence-corrected chi connectivity index (χ2v) is 7.65. The molecule has 1 unspecified atom stereocenters. The molecule has 1 aliphatic heterocycles. The maximum Gasteiger partial charge on any atom is 0.292 e. The lowest BCUT2D eigenvalue weighted by molar-refractivity contribution is -0.127. The number of nitrogens with one attached hydrogen (secondary N) is 1. The summed E-state index contributed by atoms with van der Waals surface area (Å²) in [5.41, 5.74) is 0. The Labute approximate surface area is 153 Å². The van der Waals surface area contributed by atoms with Crippen LogP contribution in [0.15, 0.2) is 16.7 Å². The summed E-state index contributed by atoms with van der Waals surface area (Å²) in [7, 11) is 0. The highest BCUT2D eigenvalue weighted by atomic mass is 16.5. The number of carbonyl (C=O) groups excluding carboxylic acids is 2. The van der Waals surface area contributed by atoms with Gasteiger partial charge in [-0.3, -0.25) is 9.59 Å². The molecule has 1 aromatic rings. The van der Waals surface area contributed by atoms with Gasteiger partial charge in [0.25, 0.3) is 11.7 Å². The second kappa shape index (κ2) is 7.60. The predicted molar refractivity (Wildman–Crippen MR) is 94.2 cm³/mol. The number of hydrogen-bond donors (Lipinski definition) is 1. The summed E-state index contributed by atoms with van der Waals surface area (Å²) < 4.78 is 5.31. The Morgan fingerprint density at radius 2 is 1.88 bits per heavy atom. The smallest absolute Gasteiger partial charge is 0.292 e. The van der Waals surface area contributed by atoms with E-state index >= 15 is 0 Å². The van der Waals surface area contributed by atoms with Gasteiger partial charge in [0.1, 0.15) is 6.04 Å². The van der Waals surface area contributed by atoms with Gasteiger partial charge in [0.15, 0.2) is 0 Å². The van der Waals surface area contributed by atoms with E-state index in [0.717, 1.165) is 25.7 Å². The molecule has 7 nitrogen and oxygen atoms in total. The van der Waals surface area contributed by atoms with Crippen LogP contribution < -0.4 is 5.32 Å². The maximum absolute atomic E-state index is 12.6. The van der Waals surface area contributed by atoms with E-state index in [1.54, 1.807) is 11.0 Å². The highest BCUT2D eigenvalue weighted by Gasteiger charge is 2.34. The Hall–Kier alpha value is -2.18. The van der Waals surface area contributed by atoms with Gasteiger partial charge in [-0.05, 0) is 50.5 Å². The minimum absolute atomic E-state index is 0.000236. The zero-order chi connectivity index (χ0) is 17.9. The maximum atomic E-state index is 12.6. The molecule has 140 valence electrons. The van der Waals surface area contributed by atoms with Gasteiger partial charge in [0.2, 0.25) is 11.8 Å². The molecule has 3 fully saturated rings. The van der Waals surface area contributed by atoms with Gasteiger partial charge in [-0.2, -0.15) is 4.98 Å². The van der Waals surface area contributed by atoms with E-state index in [1.807, 2.05) is 0 Å². The lowest BCUT2D eigenvalue weighted by Gasteiger charge is -2.21. The topological polar surface area (TPSA) is 88.3 Å². The standard InChI is InChI=1S/C19H26N4O3/c24-16(11-8-13-5-2-1-3-6-13)23-12-4-7-15(23)19-21-17(22-26-19)18(25)20-14-9-10-14/h8,11,13-15H,1-7,9-10,12H2,(H,20,25)/b11-8+. The first-order chi connectivity index (χ1) is 12.7. The van der Waals surface area contributed by atoms with Crippen LogP contribution in [0.5, 0.6) is 0 Å². The van der Waals surface area contributed by atoms with Crippen LogP contribution in [0.3, 0.4) is 0 Å². The number of aromatic nitrogens is 2. The zero-order valence-electron chi connectivity index (χ0n) is 15.0. The van der Waals surface area contributed by atoms with Crippen molar-refractivity contribution in [3.05, 3.63) is 23.9 Å². The molecule has 2 aliphatic carbocycles. The summed E-state index contributed by atoms with van der Waals surface area (Å²) in [6.45, 7) is 0.685. The Morgan fingerprint density at radius 3 is 2.65 bits per heavy atom. The minimum atomic E-state index is -0.296. The largest absolute Gasteiger partial charge is 0.346 e. The third-order valence-corrected chi connectivity index (χ3v) is 5.54. The van der Waals surface area contributed by atoms with Crippen LogP contribution in [0.25, 0.3) is 0 Å². The van der Waals surface area contributed by atoms with Crippen LogP contribution in [0.1, 0.15) is 80.3 Å². The van der Waals surface area contributed by atoms with Crippen molar-refractivity contribution in [3.8, 4) is 0 Å². The summed E-state index contributed by atoms with van der Waals surface area (Å²) in [5, 5.41) is 6.65. The molecule has 2 amide bonds. The highest BCUT2D eigenvalue weighted by molar-refractivity contribution is 5.90. The average molecular weight is 358 g/mol. The number of hydrogen-bond acceptors (Lipinski definition) is 5. The van der Waals surface area contributed by atoms with Gasteiger partial charge in [0, 0.05) is 12.6 Å². The molecule has 7 heteroatoms. The first-order valence-electron chi connectivity index (χ1n) is 9.84. The molecule has 1 atom stereocenters. The Balaban J connectivity index is 1.39. The SMILES string of the molecule is O=C(NC1CC1)c1noc(C2CCCN2C(=O)/C=C/C2CCCCC2)n1. The number of amides is 2. The average Bonchev–Trinajstić information content (AvgIpc) is 3.15. The number of rotatable bonds is 5. The minimum Gasteiger partial charge on any atom is -0.346 e. The van der Waals surface area contributed by atoms with Crippen molar-refractivity contribution < 1.29 is 14.1 Å². The van der Waals surface area contributed by atoms with Gasteiger partial charge < -0.3 is 14.7 Å². The van der Waals surface area contributed by atoms with Crippen LogP contribution in [0.4, 0.5) is 0 Å². The number of carbonyl (C=O) groups is 2. The molecular formula is C19H26N4O3. The quantitative estimate of drug-likeness (QED) is 0.818. The molecular weight excluding hydrogens is 332 g/mol. The zero-order valence-corrected chi connectivity index (χ0v) is 15.0. The van der Waals surface area contributed by atoms with Gasteiger partial charge in [-0.15, -0.1) is 0 Å². The normalized spacial score (nSPS) is 24.3. The lowest BCUT2D eigenvalue weighted by atomic mass is 9.89. The van der Waals surface area contributed by atoms with Crippen molar-refractivity contribution in [2.24, 2.45) is 5.92 Å². The Bertz CT molecular complexity index is 689. The number of likely N-dealkylation sites (tertiary alicyclic amines) is 1. The molecule has 1 aromatic heterocycles. The van der Waals surface area contributed by atoms with Crippen molar-refractivity contribution in [1.29, 1.82) is 0 Å². The molecule has 3 aliphatic rings. The third-order valence-electron chi connectivity index (χ3n) is 5.54. The van der Waals surface area contributed by atoms with Crippen LogP contribution in [0, 0.1) is 5.92 Å². The van der Waals surface area contributed by atoms with Gasteiger partial charge in [-0.25, -0.2) is 0 Å². The number of nitrogens with zero attached hydrogens (tertiary/aromatic N) is 3. The van der Waals surface area contributed by atoms with Crippen molar-refractivity contribution in [2.75, 3.05) is 6.54 Å². The van der Waals surface area contributed by atoms with Gasteiger partial charge in [-0.1, -0.05) is 30.5 Å². The summed E-state index contributed by atoms with van der Waals surface area (Å²) in [5.74, 6) is 0.650. The Kier molecular flexibility index (Phi) is 5.04. The summed E-state index contributed by atoms with van der Waals surface area (Å²) >= 11 is 0. The number of allylic oxidation sites excluding steroid dienone is 1. The van der Waals surface area contributed by atoms with E-state index in [4.69, 9.17) is 4.52 Å². The van der Waals surface area contributed by atoms with E-state index in [2.05, 4.69) is 21.5 Å². The molecule has 26 heavy (non-hydrogen) atoms. The van der Waals surface area contributed by atoms with E-state index in [9.17, 15) is 9.59 Å². The van der Waals surface area contributed by atoms with Crippen LogP contribution in [-0.4, -0.2) is 39.4 Å². The van der Waals surface area contributed by atoms with E-state index in [1.165, 1.54) is 32.1 Å². The van der Waals surface area contributed by atoms with Crippen molar-refractivity contribution in [2.45, 2.75) is 69.9 Å². The molecule has 0 bridgehead atoms. The molecule has 1 N–H and O–H groups in total. The molecule has 0 radical (unpaired) electrons. The van der Waals surface area contributed by atoms with Gasteiger partial charge >= 0.3 is 0 Å². The predicted octanol–water partition coefficient (Wildman–Crippen LogP) is 2.76. The molecule has 1 saturated heterocycles. The molecule has 4 rings (SSSR count). The molecule has 2 saturated carbocycles. The highest BCUT2D eigenvalue weighted by Crippen LogP contribution is 2.31. The lowest BCUT2D eigenvalue weighted by Crippen LogP contribution is -2.29. The first kappa shape index (κ1) is 17.2. The fraction of sp³-hybridized carbons (Fsp3) is 0.684. The first-order valence-corrected chi connectivity index (χ1v) is 9.84. The summed E-state index contributed by atoms with van der Waals surface area (Å²) in [6.07, 6.45) is 13.7. The van der Waals surface area contributed by atoms with E-state index < -0.39 is 0 Å².